The van der Waals surface area contributed by atoms with E-state index in [0.717, 1.165) is 17.0 Å². The van der Waals surface area contributed by atoms with Crippen LogP contribution in [0.15, 0.2) is 36.5 Å². The van der Waals surface area contributed by atoms with Gasteiger partial charge < -0.3 is 10.1 Å². The van der Waals surface area contributed by atoms with Crippen molar-refractivity contribution in [3.8, 4) is 5.75 Å². The molecule has 0 spiro atoms. The molecule has 100 valence electrons. The summed E-state index contributed by atoms with van der Waals surface area (Å²) >= 11 is 6.04. The molecule has 4 heteroatoms. The van der Waals surface area contributed by atoms with Crippen molar-refractivity contribution >= 4 is 17.3 Å². The Balaban J connectivity index is 2.00. The summed E-state index contributed by atoms with van der Waals surface area (Å²) in [5, 5.41) is 3.78. The number of rotatable bonds is 5. The van der Waals surface area contributed by atoms with Crippen molar-refractivity contribution in [2.45, 2.75) is 20.4 Å². The van der Waals surface area contributed by atoms with Crippen LogP contribution in [0, 0.1) is 6.92 Å². The highest BCUT2D eigenvalue weighted by Crippen LogP contribution is 2.21. The minimum Gasteiger partial charge on any atom is -0.494 e. The normalized spacial score (nSPS) is 10.3. The largest absolute Gasteiger partial charge is 0.494 e. The van der Waals surface area contributed by atoms with Crippen LogP contribution in [0.1, 0.15) is 18.1 Å². The lowest BCUT2D eigenvalue weighted by Crippen LogP contribution is -2.01. The molecule has 1 heterocycles. The van der Waals surface area contributed by atoms with Gasteiger partial charge in [-0.3, -0.25) is 0 Å². The molecule has 0 saturated carbocycles. The summed E-state index contributed by atoms with van der Waals surface area (Å²) in [6.45, 7) is 5.35. The summed E-state index contributed by atoms with van der Waals surface area (Å²) in [5.74, 6) is 0.890. The zero-order chi connectivity index (χ0) is 13.7. The molecule has 0 aliphatic rings. The highest BCUT2D eigenvalue weighted by molar-refractivity contribution is 6.31. The van der Waals surface area contributed by atoms with Crippen molar-refractivity contribution in [3.05, 3.63) is 52.8 Å². The van der Waals surface area contributed by atoms with Gasteiger partial charge in [-0.1, -0.05) is 23.7 Å². The molecule has 3 nitrogen and oxygen atoms in total. The third-order valence-corrected chi connectivity index (χ3v) is 2.99. The van der Waals surface area contributed by atoms with Gasteiger partial charge in [0.2, 0.25) is 0 Å². The summed E-state index contributed by atoms with van der Waals surface area (Å²) in [5.41, 5.74) is 3.11. The topological polar surface area (TPSA) is 34.1 Å². The second-order valence-corrected chi connectivity index (χ2v) is 4.64. The number of benzene rings is 1. The molecule has 0 saturated heterocycles. The van der Waals surface area contributed by atoms with Gasteiger partial charge >= 0.3 is 0 Å². The predicted molar refractivity (Wildman–Crippen MR) is 78.9 cm³/mol. The Morgan fingerprint density at radius 2 is 2.00 bits per heavy atom. The number of hydrogen-bond donors (Lipinski definition) is 1. The highest BCUT2D eigenvalue weighted by Gasteiger charge is 2.02. The molecule has 0 unspecified atom stereocenters. The van der Waals surface area contributed by atoms with Crippen LogP contribution < -0.4 is 10.1 Å². The molecule has 1 aromatic heterocycles. The SMILES string of the molecule is CCOc1ccc(CNc2cc(C)cnc2Cl)cc1. The third kappa shape index (κ3) is 3.86. The quantitative estimate of drug-likeness (QED) is 0.837. The number of anilines is 1. The fourth-order valence-corrected chi connectivity index (χ4v) is 1.91. The van der Waals surface area contributed by atoms with Crippen LogP contribution in [0.25, 0.3) is 0 Å². The standard InChI is InChI=1S/C15H17ClN2O/c1-3-19-13-6-4-12(5-7-13)10-17-14-8-11(2)9-18-15(14)16/h4-9,17H,3,10H2,1-2H3. The van der Waals surface area contributed by atoms with Gasteiger partial charge in [-0.15, -0.1) is 0 Å². The second-order valence-electron chi connectivity index (χ2n) is 4.28. The Morgan fingerprint density at radius 1 is 1.26 bits per heavy atom. The Labute approximate surface area is 118 Å². The van der Waals surface area contributed by atoms with Crippen molar-refractivity contribution < 1.29 is 4.74 Å². The molecule has 1 aromatic carbocycles. The first kappa shape index (κ1) is 13.7. The van der Waals surface area contributed by atoms with Crippen molar-refractivity contribution in [1.82, 2.24) is 4.98 Å². The molecule has 1 N–H and O–H groups in total. The Hall–Kier alpha value is -1.74. The van der Waals surface area contributed by atoms with Gasteiger partial charge in [0, 0.05) is 12.7 Å². The van der Waals surface area contributed by atoms with Gasteiger partial charge in [-0.2, -0.15) is 0 Å². The zero-order valence-corrected chi connectivity index (χ0v) is 11.9. The fourth-order valence-electron chi connectivity index (χ4n) is 1.74. The van der Waals surface area contributed by atoms with E-state index in [1.165, 1.54) is 5.56 Å². The summed E-state index contributed by atoms with van der Waals surface area (Å²) in [6.07, 6.45) is 1.75. The van der Waals surface area contributed by atoms with Crippen molar-refractivity contribution in [2.24, 2.45) is 0 Å². The van der Waals surface area contributed by atoms with E-state index in [-0.39, 0.29) is 0 Å². The minimum atomic E-state index is 0.497. The molecular weight excluding hydrogens is 260 g/mol. The zero-order valence-electron chi connectivity index (χ0n) is 11.1. The summed E-state index contributed by atoms with van der Waals surface area (Å²) < 4.78 is 5.41. The molecule has 2 rings (SSSR count). The lowest BCUT2D eigenvalue weighted by atomic mass is 10.2. The third-order valence-electron chi connectivity index (χ3n) is 2.69. The second kappa shape index (κ2) is 6.43. The Bertz CT molecular complexity index is 540. The Morgan fingerprint density at radius 3 is 2.68 bits per heavy atom. The molecular formula is C15H17ClN2O. The van der Waals surface area contributed by atoms with E-state index < -0.39 is 0 Å². The highest BCUT2D eigenvalue weighted by atomic mass is 35.5. The van der Waals surface area contributed by atoms with E-state index in [0.29, 0.717) is 18.3 Å². The maximum Gasteiger partial charge on any atom is 0.152 e. The molecule has 0 atom stereocenters. The number of halogens is 1. The van der Waals surface area contributed by atoms with Gasteiger partial charge in [-0.25, -0.2) is 4.98 Å². The molecule has 0 aliphatic heterocycles. The number of nitrogens with zero attached hydrogens (tertiary/aromatic N) is 1. The average molecular weight is 277 g/mol. The smallest absolute Gasteiger partial charge is 0.152 e. The number of nitrogens with one attached hydrogen (secondary N) is 1. The van der Waals surface area contributed by atoms with Gasteiger partial charge in [0.15, 0.2) is 5.15 Å². The van der Waals surface area contributed by atoms with Gasteiger partial charge in [-0.05, 0) is 43.2 Å². The maximum atomic E-state index is 6.04. The van der Waals surface area contributed by atoms with Crippen LogP contribution in [0.5, 0.6) is 5.75 Å². The summed E-state index contributed by atoms with van der Waals surface area (Å²) in [6, 6.07) is 10.0. The van der Waals surface area contributed by atoms with Crippen LogP contribution in [0.2, 0.25) is 5.15 Å². The molecule has 0 radical (unpaired) electrons. The lowest BCUT2D eigenvalue weighted by molar-refractivity contribution is 0.340. The van der Waals surface area contributed by atoms with Crippen LogP contribution in [-0.2, 0) is 6.54 Å². The first-order chi connectivity index (χ1) is 9.19. The van der Waals surface area contributed by atoms with Crippen LogP contribution in [-0.4, -0.2) is 11.6 Å². The van der Waals surface area contributed by atoms with Crippen molar-refractivity contribution in [3.63, 3.8) is 0 Å². The van der Waals surface area contributed by atoms with Crippen molar-refractivity contribution in [1.29, 1.82) is 0 Å². The minimum absolute atomic E-state index is 0.497. The van der Waals surface area contributed by atoms with E-state index in [1.807, 2.05) is 44.2 Å². The number of pyridine rings is 1. The first-order valence-electron chi connectivity index (χ1n) is 6.27. The van der Waals surface area contributed by atoms with Crippen LogP contribution >= 0.6 is 11.6 Å². The van der Waals surface area contributed by atoms with Crippen LogP contribution in [0.4, 0.5) is 5.69 Å². The Kier molecular flexibility index (Phi) is 4.63. The van der Waals surface area contributed by atoms with Gasteiger partial charge in [0.25, 0.3) is 0 Å². The van der Waals surface area contributed by atoms with E-state index in [9.17, 15) is 0 Å². The first-order valence-corrected chi connectivity index (χ1v) is 6.64. The van der Waals surface area contributed by atoms with E-state index in [1.54, 1.807) is 6.20 Å². The molecule has 0 amide bonds. The number of aryl methyl sites for hydroxylation is 1. The summed E-state index contributed by atoms with van der Waals surface area (Å²) in [7, 11) is 0. The number of hydrogen-bond acceptors (Lipinski definition) is 3. The van der Waals surface area contributed by atoms with E-state index in [2.05, 4.69) is 10.3 Å². The maximum absolute atomic E-state index is 6.04. The lowest BCUT2D eigenvalue weighted by Gasteiger charge is -2.09. The molecule has 2 aromatic rings. The molecule has 0 fully saturated rings. The molecule has 19 heavy (non-hydrogen) atoms. The molecule has 0 aliphatic carbocycles. The molecule has 0 bridgehead atoms. The number of ether oxygens (including phenoxy) is 1. The van der Waals surface area contributed by atoms with Gasteiger partial charge in [0.1, 0.15) is 5.75 Å². The fraction of sp³-hybridized carbons (Fsp3) is 0.267. The van der Waals surface area contributed by atoms with Crippen LogP contribution in [0.3, 0.4) is 0 Å². The average Bonchev–Trinajstić information content (AvgIpc) is 2.42. The van der Waals surface area contributed by atoms with E-state index >= 15 is 0 Å². The monoisotopic (exact) mass is 276 g/mol. The number of aromatic nitrogens is 1. The van der Waals surface area contributed by atoms with Gasteiger partial charge in [0.05, 0.1) is 12.3 Å². The predicted octanol–water partition coefficient (Wildman–Crippen LogP) is 4.05. The summed E-state index contributed by atoms with van der Waals surface area (Å²) in [4.78, 5) is 4.11. The van der Waals surface area contributed by atoms with E-state index in [4.69, 9.17) is 16.3 Å². The van der Waals surface area contributed by atoms with Crippen molar-refractivity contribution in [2.75, 3.05) is 11.9 Å².